The minimum atomic E-state index is -1.09. The number of methoxy groups -OCH3 is 1. The van der Waals surface area contributed by atoms with E-state index in [0.29, 0.717) is 19.5 Å². The predicted molar refractivity (Wildman–Crippen MR) is 77.3 cm³/mol. The summed E-state index contributed by atoms with van der Waals surface area (Å²) in [5.74, 6) is -1.42. The first kappa shape index (κ1) is 17.7. The van der Waals surface area contributed by atoms with Gasteiger partial charge in [0.1, 0.15) is 0 Å². The van der Waals surface area contributed by atoms with Crippen LogP contribution < -0.4 is 5.32 Å². The Hall–Kier alpha value is -2.38. The third kappa shape index (κ3) is 6.87. The zero-order chi connectivity index (χ0) is 16.4. The number of carboxylic acids is 1. The van der Waals surface area contributed by atoms with Crippen molar-refractivity contribution in [2.45, 2.75) is 38.6 Å². The van der Waals surface area contributed by atoms with Gasteiger partial charge in [-0.15, -0.1) is 0 Å². The van der Waals surface area contributed by atoms with Crippen LogP contribution in [0.2, 0.25) is 0 Å². The summed E-state index contributed by atoms with van der Waals surface area (Å²) in [6, 6.07) is 1.39. The number of nitrogens with zero attached hydrogens (tertiary/aromatic N) is 2. The van der Waals surface area contributed by atoms with Crippen LogP contribution in [0.1, 0.15) is 42.6 Å². The van der Waals surface area contributed by atoms with Crippen molar-refractivity contribution in [3.63, 3.8) is 0 Å². The van der Waals surface area contributed by atoms with E-state index < -0.39 is 5.97 Å². The molecular weight excluding hydrogens is 290 g/mol. The van der Waals surface area contributed by atoms with Gasteiger partial charge < -0.3 is 15.2 Å². The molecule has 22 heavy (non-hydrogen) atoms. The third-order valence-corrected chi connectivity index (χ3v) is 3.04. The van der Waals surface area contributed by atoms with E-state index in [1.165, 1.54) is 24.1 Å². The fourth-order valence-electron chi connectivity index (χ4n) is 1.81. The van der Waals surface area contributed by atoms with Crippen molar-refractivity contribution in [3.8, 4) is 0 Å². The lowest BCUT2D eigenvalue weighted by molar-refractivity contribution is -0.140. The van der Waals surface area contributed by atoms with E-state index in [-0.39, 0.29) is 24.0 Å². The molecule has 0 unspecified atom stereocenters. The summed E-state index contributed by atoms with van der Waals surface area (Å²) in [4.78, 5) is 33.1. The van der Waals surface area contributed by atoms with Crippen LogP contribution in [-0.2, 0) is 20.9 Å². The molecule has 0 saturated carbocycles. The highest BCUT2D eigenvalue weighted by molar-refractivity contribution is 5.85. The van der Waals surface area contributed by atoms with Crippen molar-refractivity contribution in [2.24, 2.45) is 0 Å². The molecule has 0 aliphatic rings. The number of aryl methyl sites for hydroxylation is 1. The Morgan fingerprint density at radius 3 is 2.68 bits per heavy atom. The lowest BCUT2D eigenvalue weighted by Crippen LogP contribution is -2.25. The molecule has 1 rings (SSSR count). The molecule has 1 aromatic heterocycles. The highest BCUT2D eigenvalue weighted by Crippen LogP contribution is 2.00. The van der Waals surface area contributed by atoms with Gasteiger partial charge in [-0.2, -0.15) is 5.10 Å². The molecule has 1 heterocycles. The monoisotopic (exact) mass is 311 g/mol. The van der Waals surface area contributed by atoms with Gasteiger partial charge in [0.05, 0.1) is 7.11 Å². The fourth-order valence-corrected chi connectivity index (χ4v) is 1.81. The van der Waals surface area contributed by atoms with Gasteiger partial charge in [-0.25, -0.2) is 4.79 Å². The number of aromatic nitrogens is 2. The molecule has 122 valence electrons. The van der Waals surface area contributed by atoms with Crippen LogP contribution in [0.5, 0.6) is 0 Å². The van der Waals surface area contributed by atoms with Crippen LogP contribution in [0.3, 0.4) is 0 Å². The van der Waals surface area contributed by atoms with Gasteiger partial charge in [-0.3, -0.25) is 14.3 Å². The number of carboxylic acid groups (broad SMARTS) is 1. The van der Waals surface area contributed by atoms with Crippen molar-refractivity contribution >= 4 is 17.8 Å². The Labute approximate surface area is 128 Å². The van der Waals surface area contributed by atoms with Crippen molar-refractivity contribution in [1.29, 1.82) is 0 Å². The molecule has 0 bridgehead atoms. The fraction of sp³-hybridized carbons (Fsp3) is 0.571. The number of hydrogen-bond donors (Lipinski definition) is 2. The molecule has 0 atom stereocenters. The predicted octanol–water partition coefficient (Wildman–Crippen LogP) is 0.821. The van der Waals surface area contributed by atoms with E-state index in [4.69, 9.17) is 5.11 Å². The Kier molecular flexibility index (Phi) is 7.66. The molecule has 8 nitrogen and oxygen atoms in total. The number of nitrogens with one attached hydrogen (secondary N) is 1. The maximum atomic E-state index is 11.6. The second-order valence-electron chi connectivity index (χ2n) is 4.76. The van der Waals surface area contributed by atoms with E-state index in [1.807, 2.05) is 0 Å². The van der Waals surface area contributed by atoms with E-state index in [9.17, 15) is 14.4 Å². The van der Waals surface area contributed by atoms with Gasteiger partial charge in [0.2, 0.25) is 5.91 Å². The second-order valence-corrected chi connectivity index (χ2v) is 4.76. The molecule has 0 aliphatic carbocycles. The zero-order valence-corrected chi connectivity index (χ0v) is 12.6. The number of ether oxygens (including phenoxy) is 1. The Morgan fingerprint density at radius 1 is 1.27 bits per heavy atom. The first-order chi connectivity index (χ1) is 10.5. The largest absolute Gasteiger partial charge is 0.476 e. The number of aromatic carboxylic acids is 1. The number of unbranched alkanes of at least 4 members (excludes halogenated alkanes) is 2. The topological polar surface area (TPSA) is 111 Å². The smallest absolute Gasteiger partial charge is 0.356 e. The van der Waals surface area contributed by atoms with Gasteiger partial charge in [-0.05, 0) is 18.9 Å². The highest BCUT2D eigenvalue weighted by atomic mass is 16.5. The van der Waals surface area contributed by atoms with Crippen molar-refractivity contribution in [1.82, 2.24) is 15.1 Å². The summed E-state index contributed by atoms with van der Waals surface area (Å²) in [7, 11) is 1.36. The first-order valence-electron chi connectivity index (χ1n) is 7.13. The number of rotatable bonds is 10. The van der Waals surface area contributed by atoms with Crippen molar-refractivity contribution < 1.29 is 24.2 Å². The Balaban J connectivity index is 2.08. The van der Waals surface area contributed by atoms with E-state index in [2.05, 4.69) is 15.2 Å². The SMILES string of the molecule is COC(=O)CCCCCNC(=O)CCn1ccc(C(=O)O)n1. The average Bonchev–Trinajstić information content (AvgIpc) is 2.97. The van der Waals surface area contributed by atoms with Crippen molar-refractivity contribution in [2.75, 3.05) is 13.7 Å². The van der Waals surface area contributed by atoms with Gasteiger partial charge in [0.25, 0.3) is 0 Å². The average molecular weight is 311 g/mol. The van der Waals surface area contributed by atoms with Crippen LogP contribution >= 0.6 is 0 Å². The van der Waals surface area contributed by atoms with Gasteiger partial charge in [0, 0.05) is 32.1 Å². The second kappa shape index (κ2) is 9.54. The van der Waals surface area contributed by atoms with Crippen LogP contribution in [0.25, 0.3) is 0 Å². The Morgan fingerprint density at radius 2 is 2.05 bits per heavy atom. The van der Waals surface area contributed by atoms with Gasteiger partial charge >= 0.3 is 11.9 Å². The summed E-state index contributed by atoms with van der Waals surface area (Å²) in [6.45, 7) is 0.890. The van der Waals surface area contributed by atoms with Crippen LogP contribution in [0.4, 0.5) is 0 Å². The molecule has 8 heteroatoms. The summed E-state index contributed by atoms with van der Waals surface area (Å²) >= 11 is 0. The summed E-state index contributed by atoms with van der Waals surface area (Å²) in [6.07, 6.45) is 4.56. The van der Waals surface area contributed by atoms with Gasteiger partial charge in [0.15, 0.2) is 5.69 Å². The highest BCUT2D eigenvalue weighted by Gasteiger charge is 2.07. The molecule has 0 spiro atoms. The maximum Gasteiger partial charge on any atom is 0.356 e. The number of amides is 1. The zero-order valence-electron chi connectivity index (χ0n) is 12.6. The number of esters is 1. The first-order valence-corrected chi connectivity index (χ1v) is 7.13. The summed E-state index contributed by atoms with van der Waals surface area (Å²) in [5, 5.41) is 15.3. The molecule has 0 saturated heterocycles. The molecule has 0 radical (unpaired) electrons. The van der Waals surface area contributed by atoms with E-state index in [1.54, 1.807) is 0 Å². The van der Waals surface area contributed by atoms with Crippen LogP contribution in [-0.4, -0.2) is 46.4 Å². The summed E-state index contributed by atoms with van der Waals surface area (Å²) in [5.41, 5.74) is -0.0361. The van der Waals surface area contributed by atoms with Crippen molar-refractivity contribution in [3.05, 3.63) is 18.0 Å². The normalized spacial score (nSPS) is 10.2. The maximum absolute atomic E-state index is 11.6. The van der Waals surface area contributed by atoms with Crippen LogP contribution in [0, 0.1) is 0 Å². The quantitative estimate of drug-likeness (QED) is 0.489. The minimum absolute atomic E-state index is 0.0361. The molecule has 0 aliphatic heterocycles. The van der Waals surface area contributed by atoms with Crippen LogP contribution in [0.15, 0.2) is 12.3 Å². The third-order valence-electron chi connectivity index (χ3n) is 3.04. The van der Waals surface area contributed by atoms with E-state index >= 15 is 0 Å². The van der Waals surface area contributed by atoms with Gasteiger partial charge in [-0.1, -0.05) is 6.42 Å². The molecule has 2 N–H and O–H groups in total. The molecule has 0 aromatic carbocycles. The molecular formula is C14H21N3O5. The molecule has 0 fully saturated rings. The number of hydrogen-bond acceptors (Lipinski definition) is 5. The number of carbonyl (C=O) groups is 3. The van der Waals surface area contributed by atoms with E-state index in [0.717, 1.165) is 19.3 Å². The Bertz CT molecular complexity index is 512. The lowest BCUT2D eigenvalue weighted by Gasteiger charge is -2.05. The minimum Gasteiger partial charge on any atom is -0.476 e. The lowest BCUT2D eigenvalue weighted by atomic mass is 10.2. The number of carbonyl (C=O) groups excluding carboxylic acids is 2. The standard InChI is InChI=1S/C14H21N3O5/c1-22-13(19)5-3-2-4-8-15-12(18)7-10-17-9-6-11(16-17)14(20)21/h6,9H,2-5,7-8,10H2,1H3,(H,15,18)(H,20,21). The molecule has 1 amide bonds. The molecule has 1 aromatic rings. The summed E-state index contributed by atoms with van der Waals surface area (Å²) < 4.78 is 5.96.